The van der Waals surface area contributed by atoms with Crippen LogP contribution >= 0.6 is 0 Å². The number of aromatic nitrogens is 2. The van der Waals surface area contributed by atoms with Crippen LogP contribution in [0.4, 0.5) is 0 Å². The molecule has 1 amide bonds. The molecule has 0 fully saturated rings. The van der Waals surface area contributed by atoms with Gasteiger partial charge in [0.25, 0.3) is 0 Å². The fourth-order valence-electron chi connectivity index (χ4n) is 1.02. The third kappa shape index (κ3) is 5.07. The third-order valence-corrected chi connectivity index (χ3v) is 1.87. The molecule has 0 saturated heterocycles. The minimum absolute atomic E-state index is 0.0364. The first-order valence-corrected chi connectivity index (χ1v) is 4.85. The van der Waals surface area contributed by atoms with Crippen molar-refractivity contribution in [1.82, 2.24) is 20.2 Å². The first-order valence-electron chi connectivity index (χ1n) is 4.85. The Hall–Kier alpha value is -1.49. The van der Waals surface area contributed by atoms with Crippen LogP contribution in [0.25, 0.3) is 0 Å². The lowest BCUT2D eigenvalue weighted by molar-refractivity contribution is -0.121. The molecule has 0 aliphatic rings. The van der Waals surface area contributed by atoms with Gasteiger partial charge >= 0.3 is 0 Å². The van der Waals surface area contributed by atoms with Crippen molar-refractivity contribution in [3.8, 4) is 0 Å². The van der Waals surface area contributed by atoms with Gasteiger partial charge in [-0.2, -0.15) is 0 Å². The van der Waals surface area contributed by atoms with E-state index in [4.69, 9.17) is 0 Å². The maximum Gasteiger partial charge on any atom is 0.221 e. The van der Waals surface area contributed by atoms with Gasteiger partial charge in [-0.25, -0.2) is 0 Å². The standard InChI is InChI=1S/C10H16N4O/c1-14(2)6-3-10(15)13-8-9-7-11-4-5-12-9/h4-5,7H,3,6,8H2,1-2H3,(H,13,15). The molecule has 0 aliphatic carbocycles. The van der Waals surface area contributed by atoms with Gasteiger partial charge < -0.3 is 10.2 Å². The summed E-state index contributed by atoms with van der Waals surface area (Å²) >= 11 is 0. The highest BCUT2D eigenvalue weighted by Crippen LogP contribution is 1.90. The molecule has 0 spiro atoms. The molecule has 0 atom stereocenters. The van der Waals surface area contributed by atoms with Crippen LogP contribution in [-0.2, 0) is 11.3 Å². The molecule has 1 heterocycles. The highest BCUT2D eigenvalue weighted by atomic mass is 16.1. The van der Waals surface area contributed by atoms with E-state index in [2.05, 4.69) is 15.3 Å². The van der Waals surface area contributed by atoms with Gasteiger partial charge in [0.15, 0.2) is 0 Å². The maximum atomic E-state index is 11.3. The molecule has 1 N–H and O–H groups in total. The van der Waals surface area contributed by atoms with Crippen LogP contribution in [0.1, 0.15) is 12.1 Å². The number of nitrogens with one attached hydrogen (secondary N) is 1. The molecule has 0 saturated carbocycles. The van der Waals surface area contributed by atoms with Gasteiger partial charge in [0.1, 0.15) is 0 Å². The predicted molar refractivity (Wildman–Crippen MR) is 57.0 cm³/mol. The van der Waals surface area contributed by atoms with E-state index in [1.807, 2.05) is 19.0 Å². The average Bonchev–Trinajstić information content (AvgIpc) is 2.25. The second-order valence-electron chi connectivity index (χ2n) is 3.53. The van der Waals surface area contributed by atoms with E-state index in [1.165, 1.54) is 0 Å². The van der Waals surface area contributed by atoms with Crippen LogP contribution in [0.5, 0.6) is 0 Å². The molecule has 5 nitrogen and oxygen atoms in total. The summed E-state index contributed by atoms with van der Waals surface area (Å²) in [5.74, 6) is 0.0364. The zero-order valence-corrected chi connectivity index (χ0v) is 9.10. The van der Waals surface area contributed by atoms with E-state index >= 15 is 0 Å². The van der Waals surface area contributed by atoms with Crippen molar-refractivity contribution in [2.45, 2.75) is 13.0 Å². The molecule has 1 rings (SSSR count). The first-order chi connectivity index (χ1) is 7.18. The lowest BCUT2D eigenvalue weighted by Crippen LogP contribution is -2.27. The summed E-state index contributed by atoms with van der Waals surface area (Å²) in [6, 6.07) is 0. The molecular weight excluding hydrogens is 192 g/mol. The maximum absolute atomic E-state index is 11.3. The van der Waals surface area contributed by atoms with Gasteiger partial charge in [0, 0.05) is 25.4 Å². The Balaban J connectivity index is 2.23. The number of rotatable bonds is 5. The Labute approximate surface area is 89.5 Å². The van der Waals surface area contributed by atoms with E-state index in [9.17, 15) is 4.79 Å². The normalized spacial score (nSPS) is 10.3. The Morgan fingerprint density at radius 1 is 1.47 bits per heavy atom. The SMILES string of the molecule is CN(C)CCC(=O)NCc1cnccn1. The van der Waals surface area contributed by atoms with Crippen molar-refractivity contribution in [2.75, 3.05) is 20.6 Å². The summed E-state index contributed by atoms with van der Waals surface area (Å²) in [5, 5.41) is 2.79. The zero-order valence-electron chi connectivity index (χ0n) is 9.10. The summed E-state index contributed by atoms with van der Waals surface area (Å²) in [7, 11) is 3.88. The van der Waals surface area contributed by atoms with Gasteiger partial charge in [-0.15, -0.1) is 0 Å². The number of amides is 1. The quantitative estimate of drug-likeness (QED) is 0.742. The highest BCUT2D eigenvalue weighted by Gasteiger charge is 2.02. The Morgan fingerprint density at radius 2 is 2.27 bits per heavy atom. The molecule has 0 bridgehead atoms. The molecule has 0 aromatic carbocycles. The predicted octanol–water partition coefficient (Wildman–Crippen LogP) is 0.0445. The van der Waals surface area contributed by atoms with E-state index in [0.717, 1.165) is 12.2 Å². The van der Waals surface area contributed by atoms with Crippen LogP contribution in [0.3, 0.4) is 0 Å². The molecule has 0 aliphatic heterocycles. The second kappa shape index (κ2) is 6.08. The first kappa shape index (κ1) is 11.6. The molecule has 1 aromatic heterocycles. The molecule has 5 heteroatoms. The summed E-state index contributed by atoms with van der Waals surface area (Å²) in [4.78, 5) is 21.3. The Bertz CT molecular complexity index is 300. The van der Waals surface area contributed by atoms with Gasteiger partial charge in [-0.1, -0.05) is 0 Å². The van der Waals surface area contributed by atoms with E-state index in [1.54, 1.807) is 18.6 Å². The molecule has 15 heavy (non-hydrogen) atoms. The number of carbonyl (C=O) groups excluding carboxylic acids is 1. The third-order valence-electron chi connectivity index (χ3n) is 1.87. The van der Waals surface area contributed by atoms with E-state index < -0.39 is 0 Å². The van der Waals surface area contributed by atoms with Gasteiger partial charge in [0.2, 0.25) is 5.91 Å². The number of carbonyl (C=O) groups is 1. The van der Waals surface area contributed by atoms with Gasteiger partial charge in [0.05, 0.1) is 18.4 Å². The van der Waals surface area contributed by atoms with Crippen molar-refractivity contribution in [3.63, 3.8) is 0 Å². The fraction of sp³-hybridized carbons (Fsp3) is 0.500. The van der Waals surface area contributed by atoms with Crippen LogP contribution < -0.4 is 5.32 Å². The monoisotopic (exact) mass is 208 g/mol. The van der Waals surface area contributed by atoms with Crippen LogP contribution in [-0.4, -0.2) is 41.4 Å². The van der Waals surface area contributed by atoms with Crippen LogP contribution in [0.2, 0.25) is 0 Å². The zero-order chi connectivity index (χ0) is 11.1. The van der Waals surface area contributed by atoms with E-state index in [0.29, 0.717) is 13.0 Å². The average molecular weight is 208 g/mol. The van der Waals surface area contributed by atoms with E-state index in [-0.39, 0.29) is 5.91 Å². The molecule has 82 valence electrons. The number of hydrogen-bond acceptors (Lipinski definition) is 4. The van der Waals surface area contributed by atoms with Crippen molar-refractivity contribution >= 4 is 5.91 Å². The Morgan fingerprint density at radius 3 is 2.87 bits per heavy atom. The summed E-state index contributed by atoms with van der Waals surface area (Å²) in [5.41, 5.74) is 0.774. The topological polar surface area (TPSA) is 58.1 Å². The van der Waals surface area contributed by atoms with Crippen molar-refractivity contribution in [1.29, 1.82) is 0 Å². The van der Waals surface area contributed by atoms with Crippen molar-refractivity contribution in [2.24, 2.45) is 0 Å². The minimum atomic E-state index is 0.0364. The molecule has 0 unspecified atom stereocenters. The lowest BCUT2D eigenvalue weighted by atomic mass is 10.3. The van der Waals surface area contributed by atoms with Gasteiger partial charge in [-0.3, -0.25) is 14.8 Å². The number of nitrogens with zero attached hydrogens (tertiary/aromatic N) is 3. The lowest BCUT2D eigenvalue weighted by Gasteiger charge is -2.09. The van der Waals surface area contributed by atoms with Crippen LogP contribution in [0.15, 0.2) is 18.6 Å². The minimum Gasteiger partial charge on any atom is -0.350 e. The summed E-state index contributed by atoms with van der Waals surface area (Å²) in [6.07, 6.45) is 5.37. The molecule has 1 aromatic rings. The Kier molecular flexibility index (Phi) is 4.70. The van der Waals surface area contributed by atoms with Crippen molar-refractivity contribution < 1.29 is 4.79 Å². The smallest absolute Gasteiger partial charge is 0.221 e. The van der Waals surface area contributed by atoms with Crippen LogP contribution in [0, 0.1) is 0 Å². The highest BCUT2D eigenvalue weighted by molar-refractivity contribution is 5.75. The number of hydrogen-bond donors (Lipinski definition) is 1. The fourth-order valence-corrected chi connectivity index (χ4v) is 1.02. The summed E-state index contributed by atoms with van der Waals surface area (Å²) < 4.78 is 0. The second-order valence-corrected chi connectivity index (χ2v) is 3.53. The van der Waals surface area contributed by atoms with Gasteiger partial charge in [-0.05, 0) is 14.1 Å². The van der Waals surface area contributed by atoms with Crippen molar-refractivity contribution in [3.05, 3.63) is 24.3 Å². The summed E-state index contributed by atoms with van der Waals surface area (Å²) in [6.45, 7) is 1.20. The largest absolute Gasteiger partial charge is 0.350 e. The molecular formula is C10H16N4O. The molecule has 0 radical (unpaired) electrons.